The van der Waals surface area contributed by atoms with E-state index in [2.05, 4.69) is 5.32 Å². The van der Waals surface area contributed by atoms with Crippen LogP contribution in [-0.2, 0) is 9.53 Å². The number of hydrogen-bond donors (Lipinski definition) is 2. The molecule has 8 heteroatoms. The van der Waals surface area contributed by atoms with E-state index in [0.717, 1.165) is 5.69 Å². The Balaban J connectivity index is 0.00000169. The van der Waals surface area contributed by atoms with Crippen molar-refractivity contribution in [3.05, 3.63) is 59.9 Å². The van der Waals surface area contributed by atoms with Crippen LogP contribution < -0.4 is 16.0 Å². The first-order valence-electron chi connectivity index (χ1n) is 7.88. The lowest BCUT2D eigenvalue weighted by Gasteiger charge is -2.29. The number of halogens is 3. The van der Waals surface area contributed by atoms with Crippen molar-refractivity contribution < 1.29 is 13.9 Å². The number of carbonyl (C=O) groups excluding carboxylic acids is 1. The van der Waals surface area contributed by atoms with Gasteiger partial charge >= 0.3 is 0 Å². The van der Waals surface area contributed by atoms with E-state index in [9.17, 15) is 9.18 Å². The second-order valence-corrected chi connectivity index (χ2v) is 5.68. The number of nitrogens with two attached hydrogens (primary N) is 1. The fraction of sp³-hybridized carbons (Fsp3) is 0.278. The molecule has 0 radical (unpaired) electrons. The highest BCUT2D eigenvalue weighted by Crippen LogP contribution is 2.23. The Hall–Kier alpha value is -1.86. The number of rotatable bonds is 4. The molecule has 0 aromatic heterocycles. The molecule has 1 saturated heterocycles. The topological polar surface area (TPSA) is 67.6 Å². The molecule has 0 spiro atoms. The minimum atomic E-state index is -0.804. The Bertz CT molecular complexity index is 713. The molecule has 1 amide bonds. The molecule has 1 fully saturated rings. The highest BCUT2D eigenvalue weighted by atomic mass is 35.5. The largest absolute Gasteiger partial charge is 0.378 e. The van der Waals surface area contributed by atoms with E-state index in [1.54, 1.807) is 18.2 Å². The van der Waals surface area contributed by atoms with Gasteiger partial charge in [0.2, 0.25) is 5.91 Å². The Morgan fingerprint density at radius 1 is 1.12 bits per heavy atom. The van der Waals surface area contributed by atoms with Crippen LogP contribution >= 0.6 is 24.8 Å². The molecule has 5 nitrogen and oxygen atoms in total. The predicted molar refractivity (Wildman–Crippen MR) is 106 cm³/mol. The molecule has 3 rings (SSSR count). The fourth-order valence-corrected chi connectivity index (χ4v) is 2.68. The van der Waals surface area contributed by atoms with Crippen molar-refractivity contribution in [2.24, 2.45) is 5.73 Å². The third-order valence-electron chi connectivity index (χ3n) is 3.97. The zero-order valence-electron chi connectivity index (χ0n) is 14.1. The zero-order chi connectivity index (χ0) is 16.9. The van der Waals surface area contributed by atoms with Gasteiger partial charge in [-0.2, -0.15) is 0 Å². The molecule has 1 unspecified atom stereocenters. The first-order valence-corrected chi connectivity index (χ1v) is 7.88. The van der Waals surface area contributed by atoms with Gasteiger partial charge in [0.15, 0.2) is 0 Å². The van der Waals surface area contributed by atoms with Crippen molar-refractivity contribution in [1.82, 2.24) is 0 Å². The van der Waals surface area contributed by atoms with Crippen molar-refractivity contribution in [2.45, 2.75) is 6.04 Å². The van der Waals surface area contributed by atoms with Crippen LogP contribution in [0.2, 0.25) is 0 Å². The highest BCUT2D eigenvalue weighted by molar-refractivity contribution is 5.95. The van der Waals surface area contributed by atoms with Crippen LogP contribution in [0.5, 0.6) is 0 Å². The molecule has 2 aromatic carbocycles. The van der Waals surface area contributed by atoms with Crippen molar-refractivity contribution in [1.29, 1.82) is 0 Å². The van der Waals surface area contributed by atoms with Gasteiger partial charge in [-0.15, -0.1) is 24.8 Å². The van der Waals surface area contributed by atoms with Gasteiger partial charge in [-0.05, 0) is 23.8 Å². The van der Waals surface area contributed by atoms with Crippen LogP contribution in [0.1, 0.15) is 11.6 Å². The summed E-state index contributed by atoms with van der Waals surface area (Å²) in [6, 6.07) is 12.8. The quantitative estimate of drug-likeness (QED) is 0.825. The molecule has 1 aliphatic heterocycles. The van der Waals surface area contributed by atoms with E-state index in [1.807, 2.05) is 23.1 Å². The normalized spacial score (nSPS) is 14.6. The lowest BCUT2D eigenvalue weighted by Crippen LogP contribution is -2.36. The first kappa shape index (κ1) is 22.2. The number of carbonyl (C=O) groups is 1. The van der Waals surface area contributed by atoms with Gasteiger partial charge in [-0.25, -0.2) is 4.39 Å². The van der Waals surface area contributed by atoms with Gasteiger partial charge in [-0.3, -0.25) is 4.79 Å². The van der Waals surface area contributed by atoms with Crippen LogP contribution in [0.3, 0.4) is 0 Å². The van der Waals surface area contributed by atoms with Crippen LogP contribution in [0.15, 0.2) is 48.5 Å². The second kappa shape index (κ2) is 10.3. The number of nitrogens with zero attached hydrogens (tertiary/aromatic N) is 1. The summed E-state index contributed by atoms with van der Waals surface area (Å²) in [5.74, 6) is -0.776. The molecule has 26 heavy (non-hydrogen) atoms. The maximum absolute atomic E-state index is 13.9. The average molecular weight is 402 g/mol. The van der Waals surface area contributed by atoms with Crippen LogP contribution in [0.4, 0.5) is 15.8 Å². The van der Waals surface area contributed by atoms with Crippen LogP contribution in [0.25, 0.3) is 0 Å². The molecule has 0 aliphatic carbocycles. The summed E-state index contributed by atoms with van der Waals surface area (Å²) in [6.45, 7) is 2.61. The molecular formula is C18H22Cl2FN3O2. The van der Waals surface area contributed by atoms with Gasteiger partial charge in [0.25, 0.3) is 0 Å². The molecule has 142 valence electrons. The van der Waals surface area contributed by atoms with E-state index in [4.69, 9.17) is 10.5 Å². The molecule has 0 bridgehead atoms. The van der Waals surface area contributed by atoms with Crippen LogP contribution in [-0.4, -0.2) is 32.2 Å². The lowest BCUT2D eigenvalue weighted by atomic mass is 10.1. The Morgan fingerprint density at radius 3 is 2.42 bits per heavy atom. The standard InChI is InChI=1S/C18H20FN3O2.2ClH/c19-14-10-15(12-16(11-14)22-6-8-24-9-7-22)21-18(23)17(20)13-4-2-1-3-5-13;;/h1-5,10-12,17H,6-9,20H2,(H,21,23);2*1H. The summed E-state index contributed by atoms with van der Waals surface area (Å²) in [7, 11) is 0. The number of anilines is 2. The van der Waals surface area contributed by atoms with E-state index >= 15 is 0 Å². The average Bonchev–Trinajstić information content (AvgIpc) is 2.62. The maximum Gasteiger partial charge on any atom is 0.245 e. The Labute approximate surface area is 164 Å². The van der Waals surface area contributed by atoms with Gasteiger partial charge in [0, 0.05) is 24.5 Å². The molecule has 3 N–H and O–H groups in total. The summed E-state index contributed by atoms with van der Waals surface area (Å²) >= 11 is 0. The molecule has 2 aromatic rings. The predicted octanol–water partition coefficient (Wildman–Crippen LogP) is 3.14. The number of benzene rings is 2. The second-order valence-electron chi connectivity index (χ2n) is 5.68. The third-order valence-corrected chi connectivity index (χ3v) is 3.97. The van der Waals surface area contributed by atoms with Gasteiger partial charge in [0.05, 0.1) is 13.2 Å². The lowest BCUT2D eigenvalue weighted by molar-refractivity contribution is -0.117. The van der Waals surface area contributed by atoms with E-state index in [0.29, 0.717) is 37.6 Å². The smallest absolute Gasteiger partial charge is 0.245 e. The van der Waals surface area contributed by atoms with Crippen molar-refractivity contribution in [3.8, 4) is 0 Å². The SMILES string of the molecule is Cl.Cl.NC(C(=O)Nc1cc(F)cc(N2CCOCC2)c1)c1ccccc1. The summed E-state index contributed by atoms with van der Waals surface area (Å²) in [5, 5.41) is 2.70. The van der Waals surface area contributed by atoms with Crippen LogP contribution in [0, 0.1) is 5.82 Å². The summed E-state index contributed by atoms with van der Waals surface area (Å²) in [6.07, 6.45) is 0. The van der Waals surface area contributed by atoms with E-state index in [-0.39, 0.29) is 30.7 Å². The maximum atomic E-state index is 13.9. The van der Waals surface area contributed by atoms with Crippen molar-refractivity contribution in [3.63, 3.8) is 0 Å². The summed E-state index contributed by atoms with van der Waals surface area (Å²) < 4.78 is 19.2. The van der Waals surface area contributed by atoms with Crippen molar-refractivity contribution >= 4 is 42.1 Å². The fourth-order valence-electron chi connectivity index (χ4n) is 2.68. The van der Waals surface area contributed by atoms with Gasteiger partial charge in [0.1, 0.15) is 11.9 Å². The summed E-state index contributed by atoms with van der Waals surface area (Å²) in [4.78, 5) is 14.3. The Morgan fingerprint density at radius 2 is 1.77 bits per heavy atom. The first-order chi connectivity index (χ1) is 11.6. The third kappa shape index (κ3) is 5.57. The van der Waals surface area contributed by atoms with Gasteiger partial charge in [-0.1, -0.05) is 30.3 Å². The molecular weight excluding hydrogens is 380 g/mol. The van der Waals surface area contributed by atoms with E-state index < -0.39 is 11.9 Å². The number of hydrogen-bond acceptors (Lipinski definition) is 4. The van der Waals surface area contributed by atoms with Crippen molar-refractivity contribution in [2.75, 3.05) is 36.5 Å². The monoisotopic (exact) mass is 401 g/mol. The number of morpholine rings is 1. The number of amides is 1. The summed E-state index contributed by atoms with van der Waals surface area (Å²) in [5.41, 5.74) is 7.80. The molecule has 1 heterocycles. The zero-order valence-corrected chi connectivity index (χ0v) is 15.7. The number of ether oxygens (including phenoxy) is 1. The number of nitrogens with one attached hydrogen (secondary N) is 1. The van der Waals surface area contributed by atoms with Gasteiger partial charge < -0.3 is 20.7 Å². The minimum absolute atomic E-state index is 0. The molecule has 0 saturated carbocycles. The molecule has 1 aliphatic rings. The minimum Gasteiger partial charge on any atom is -0.378 e. The highest BCUT2D eigenvalue weighted by Gasteiger charge is 2.17. The Kier molecular flexibility index (Phi) is 8.81. The molecule has 1 atom stereocenters. The van der Waals surface area contributed by atoms with E-state index in [1.165, 1.54) is 12.1 Å².